The summed E-state index contributed by atoms with van der Waals surface area (Å²) in [5.41, 5.74) is 5.90. The van der Waals surface area contributed by atoms with Crippen LogP contribution in [0.3, 0.4) is 0 Å². The standard InChI is InChI=1S/C33H36FN3O4/c1-7-40-31(39)25-19-35-37(23-10-8-22(34)9-11-23)29(25)36-30(38)28-13-12-24(41-28)17-21-18-27-26(16-20(21)2)32(3,4)14-15-33(27,5)6/h8-13,16,18-19H,7,14-15,17H2,1-6H3,(H,36,38). The van der Waals surface area contributed by atoms with Crippen LogP contribution in [0, 0.1) is 12.7 Å². The second kappa shape index (κ2) is 10.7. The third-order valence-corrected chi connectivity index (χ3v) is 8.13. The number of nitrogens with zero attached hydrogens (tertiary/aromatic N) is 2. The van der Waals surface area contributed by atoms with Crippen LogP contribution in [0.1, 0.15) is 96.4 Å². The molecular formula is C33H36FN3O4. The Kier molecular flexibility index (Phi) is 7.36. The van der Waals surface area contributed by atoms with Crippen molar-refractivity contribution in [2.45, 2.75) is 71.6 Å². The third kappa shape index (κ3) is 5.56. The van der Waals surface area contributed by atoms with Crippen molar-refractivity contribution in [1.82, 2.24) is 9.78 Å². The molecule has 0 spiro atoms. The molecule has 0 atom stereocenters. The molecule has 2 aromatic carbocycles. The van der Waals surface area contributed by atoms with Crippen LogP contribution in [0.25, 0.3) is 5.69 Å². The first-order chi connectivity index (χ1) is 19.4. The minimum absolute atomic E-state index is 0.0755. The van der Waals surface area contributed by atoms with E-state index in [4.69, 9.17) is 9.15 Å². The molecule has 5 rings (SSSR count). The lowest BCUT2D eigenvalue weighted by Crippen LogP contribution is -2.34. The first kappa shape index (κ1) is 28.3. The summed E-state index contributed by atoms with van der Waals surface area (Å²) in [6.07, 6.45) is 4.14. The Morgan fingerprint density at radius 3 is 2.34 bits per heavy atom. The number of hydrogen-bond acceptors (Lipinski definition) is 5. The average Bonchev–Trinajstić information content (AvgIpc) is 3.56. The van der Waals surface area contributed by atoms with Crippen molar-refractivity contribution in [3.8, 4) is 5.69 Å². The van der Waals surface area contributed by atoms with E-state index in [1.165, 1.54) is 51.8 Å². The summed E-state index contributed by atoms with van der Waals surface area (Å²) in [5, 5.41) is 6.99. The molecule has 7 nitrogen and oxygen atoms in total. The maximum atomic E-state index is 13.5. The van der Waals surface area contributed by atoms with Crippen LogP contribution in [-0.2, 0) is 22.0 Å². The van der Waals surface area contributed by atoms with Gasteiger partial charge in [0.15, 0.2) is 11.6 Å². The van der Waals surface area contributed by atoms with Gasteiger partial charge in [0.2, 0.25) is 0 Å². The molecule has 8 heteroatoms. The number of carbonyl (C=O) groups is 2. The highest BCUT2D eigenvalue weighted by Gasteiger charge is 2.37. The fourth-order valence-electron chi connectivity index (χ4n) is 5.51. The van der Waals surface area contributed by atoms with Gasteiger partial charge in [-0.1, -0.05) is 39.8 Å². The van der Waals surface area contributed by atoms with Crippen molar-refractivity contribution in [3.05, 3.63) is 99.9 Å². The fraction of sp³-hybridized carbons (Fsp3) is 0.364. The summed E-state index contributed by atoms with van der Waals surface area (Å²) in [5.74, 6) is -0.737. The molecule has 0 saturated carbocycles. The van der Waals surface area contributed by atoms with Gasteiger partial charge in [0, 0.05) is 6.42 Å². The van der Waals surface area contributed by atoms with E-state index in [0.29, 0.717) is 17.9 Å². The lowest BCUT2D eigenvalue weighted by molar-refractivity contribution is 0.0527. The Balaban J connectivity index is 1.41. The Morgan fingerprint density at radius 1 is 1.02 bits per heavy atom. The molecule has 0 fully saturated rings. The van der Waals surface area contributed by atoms with Crippen LogP contribution in [0.5, 0.6) is 0 Å². The van der Waals surface area contributed by atoms with Gasteiger partial charge in [-0.15, -0.1) is 0 Å². The lowest BCUT2D eigenvalue weighted by Gasteiger charge is -2.42. The van der Waals surface area contributed by atoms with Crippen molar-refractivity contribution < 1.29 is 23.1 Å². The van der Waals surface area contributed by atoms with Crippen LogP contribution in [0.4, 0.5) is 10.2 Å². The summed E-state index contributed by atoms with van der Waals surface area (Å²) in [6, 6.07) is 13.6. The highest BCUT2D eigenvalue weighted by molar-refractivity contribution is 6.06. The predicted molar refractivity (Wildman–Crippen MR) is 155 cm³/mol. The first-order valence-corrected chi connectivity index (χ1v) is 14.0. The molecule has 1 amide bonds. The number of anilines is 1. The fourth-order valence-corrected chi connectivity index (χ4v) is 5.51. The number of benzene rings is 2. The van der Waals surface area contributed by atoms with Gasteiger partial charge in [-0.2, -0.15) is 5.10 Å². The zero-order valence-electron chi connectivity index (χ0n) is 24.4. The number of halogens is 1. The van der Waals surface area contributed by atoms with Crippen molar-refractivity contribution in [3.63, 3.8) is 0 Å². The molecule has 2 aromatic heterocycles. The van der Waals surface area contributed by atoms with Gasteiger partial charge in [0.25, 0.3) is 5.91 Å². The van der Waals surface area contributed by atoms with E-state index in [-0.39, 0.29) is 34.6 Å². The van der Waals surface area contributed by atoms with Crippen molar-refractivity contribution in [2.24, 2.45) is 0 Å². The van der Waals surface area contributed by atoms with Gasteiger partial charge in [-0.05, 0) is 96.2 Å². The van der Waals surface area contributed by atoms with Gasteiger partial charge in [0.1, 0.15) is 17.1 Å². The molecule has 0 radical (unpaired) electrons. The van der Waals surface area contributed by atoms with Crippen LogP contribution >= 0.6 is 0 Å². The molecule has 1 aliphatic rings. The summed E-state index contributed by atoms with van der Waals surface area (Å²) in [6.45, 7) is 13.2. The Morgan fingerprint density at radius 2 is 1.68 bits per heavy atom. The average molecular weight is 558 g/mol. The van der Waals surface area contributed by atoms with Crippen LogP contribution in [-0.4, -0.2) is 28.3 Å². The molecule has 0 aliphatic heterocycles. The van der Waals surface area contributed by atoms with E-state index in [0.717, 1.165) is 18.4 Å². The Bertz CT molecular complexity index is 1610. The van der Waals surface area contributed by atoms with Gasteiger partial charge in [-0.25, -0.2) is 13.9 Å². The minimum atomic E-state index is -0.634. The number of rotatable bonds is 7. The van der Waals surface area contributed by atoms with E-state index >= 15 is 0 Å². The monoisotopic (exact) mass is 557 g/mol. The summed E-state index contributed by atoms with van der Waals surface area (Å²) >= 11 is 0. The second-order valence-corrected chi connectivity index (χ2v) is 12.0. The second-order valence-electron chi connectivity index (χ2n) is 12.0. The number of esters is 1. The van der Waals surface area contributed by atoms with E-state index in [2.05, 4.69) is 57.2 Å². The quantitative estimate of drug-likeness (QED) is 0.241. The Labute approximate surface area is 239 Å². The summed E-state index contributed by atoms with van der Waals surface area (Å²) in [4.78, 5) is 25.9. The van der Waals surface area contributed by atoms with Gasteiger partial charge in [0.05, 0.1) is 18.5 Å². The zero-order chi connectivity index (χ0) is 29.5. The SMILES string of the molecule is CCOC(=O)c1cnn(-c2ccc(F)cc2)c1NC(=O)c1ccc(Cc2cc3c(cc2C)C(C)(C)CCC3(C)C)o1. The molecule has 1 aliphatic carbocycles. The maximum absolute atomic E-state index is 13.5. The highest BCUT2D eigenvalue weighted by Crippen LogP contribution is 2.46. The number of aryl methyl sites for hydroxylation is 1. The van der Waals surface area contributed by atoms with E-state index in [1.807, 2.05) is 0 Å². The smallest absolute Gasteiger partial charge is 0.343 e. The number of fused-ring (bicyclic) bond motifs is 1. The topological polar surface area (TPSA) is 86.4 Å². The van der Waals surface area contributed by atoms with Gasteiger partial charge in [-0.3, -0.25) is 4.79 Å². The first-order valence-electron chi connectivity index (χ1n) is 14.0. The summed E-state index contributed by atoms with van der Waals surface area (Å²) < 4.78 is 26.0. The normalized spacial score (nSPS) is 15.3. The maximum Gasteiger partial charge on any atom is 0.343 e. The lowest BCUT2D eigenvalue weighted by atomic mass is 9.62. The van der Waals surface area contributed by atoms with Crippen LogP contribution in [0.2, 0.25) is 0 Å². The third-order valence-electron chi connectivity index (χ3n) is 8.13. The molecule has 4 aromatic rings. The summed E-state index contributed by atoms with van der Waals surface area (Å²) in [7, 11) is 0. The number of nitrogens with one attached hydrogen (secondary N) is 1. The molecule has 41 heavy (non-hydrogen) atoms. The molecule has 0 saturated heterocycles. The molecule has 0 unspecified atom stereocenters. The number of hydrogen-bond donors (Lipinski definition) is 1. The van der Waals surface area contributed by atoms with Crippen LogP contribution < -0.4 is 5.32 Å². The zero-order valence-corrected chi connectivity index (χ0v) is 24.4. The molecule has 1 N–H and O–H groups in total. The van der Waals surface area contributed by atoms with E-state index in [1.54, 1.807) is 19.1 Å². The number of carbonyl (C=O) groups excluding carboxylic acids is 2. The number of ether oxygens (including phenoxy) is 1. The Hall–Kier alpha value is -4.20. The predicted octanol–water partition coefficient (Wildman–Crippen LogP) is 7.28. The number of furan rings is 1. The molecular weight excluding hydrogens is 521 g/mol. The van der Waals surface area contributed by atoms with Gasteiger partial charge < -0.3 is 14.5 Å². The van der Waals surface area contributed by atoms with Crippen LogP contribution in [0.15, 0.2) is 59.1 Å². The largest absolute Gasteiger partial charge is 0.462 e. The number of amides is 1. The van der Waals surface area contributed by atoms with E-state index < -0.39 is 17.7 Å². The molecule has 0 bridgehead atoms. The van der Waals surface area contributed by atoms with Gasteiger partial charge >= 0.3 is 5.97 Å². The van der Waals surface area contributed by atoms with Crippen molar-refractivity contribution >= 4 is 17.7 Å². The molecule has 2 heterocycles. The number of aromatic nitrogens is 2. The molecule has 214 valence electrons. The minimum Gasteiger partial charge on any atom is -0.462 e. The van der Waals surface area contributed by atoms with E-state index in [9.17, 15) is 14.0 Å². The highest BCUT2D eigenvalue weighted by atomic mass is 19.1. The van der Waals surface area contributed by atoms with Crippen molar-refractivity contribution in [1.29, 1.82) is 0 Å². The van der Waals surface area contributed by atoms with Crippen molar-refractivity contribution in [2.75, 3.05) is 11.9 Å².